The molecule has 0 radical (unpaired) electrons. The highest BCUT2D eigenvalue weighted by molar-refractivity contribution is 7.22. The number of hydrogen-bond donors (Lipinski definition) is 4. The van der Waals surface area contributed by atoms with Gasteiger partial charge in [0.25, 0.3) is 0 Å². The lowest BCUT2D eigenvalue weighted by molar-refractivity contribution is 0.0210. The van der Waals surface area contributed by atoms with Crippen molar-refractivity contribution in [2.45, 2.75) is 24.8 Å². The third-order valence-corrected chi connectivity index (χ3v) is 4.61. The summed E-state index contributed by atoms with van der Waals surface area (Å²) in [5, 5.41) is 29.5. The van der Waals surface area contributed by atoms with Crippen LogP contribution in [0.25, 0.3) is 10.2 Å². The molecule has 3 rings (SSSR count). The van der Waals surface area contributed by atoms with E-state index in [-0.39, 0.29) is 6.61 Å². The molecule has 0 spiro atoms. The van der Waals surface area contributed by atoms with E-state index in [0.29, 0.717) is 18.2 Å². The van der Waals surface area contributed by atoms with Gasteiger partial charge in [-0.05, 0) is 11.6 Å². The average Bonchev–Trinajstić information content (AvgIpc) is 2.91. The molecule has 6 nitrogen and oxygen atoms in total. The topological polar surface area (TPSA) is 103 Å². The molecule has 20 heavy (non-hydrogen) atoms. The number of β-amino-alcohol motifs (C(OH)–C–C–N with tert-alkyl or cyclic N) is 1. The molecule has 0 bridgehead atoms. The van der Waals surface area contributed by atoms with Crippen LogP contribution in [-0.4, -0.2) is 56.6 Å². The van der Waals surface area contributed by atoms with Crippen LogP contribution in [0.1, 0.15) is 5.56 Å². The number of benzene rings is 1. The molecule has 5 N–H and O–H groups in total. The molecule has 1 fully saturated rings. The number of fused-ring (bicyclic) bond motifs is 1. The van der Waals surface area contributed by atoms with Crippen LogP contribution in [0.2, 0.25) is 0 Å². The first-order valence-electron chi connectivity index (χ1n) is 6.45. The number of aliphatic hydroxyl groups is 3. The highest BCUT2D eigenvalue weighted by Crippen LogP contribution is 2.29. The Hall–Kier alpha value is -1.25. The zero-order chi connectivity index (χ0) is 14.3. The van der Waals surface area contributed by atoms with Crippen molar-refractivity contribution in [3.05, 3.63) is 23.8 Å². The lowest BCUT2D eigenvalue weighted by atomic mass is 10.1. The Morgan fingerprint density at radius 3 is 2.95 bits per heavy atom. The van der Waals surface area contributed by atoms with Gasteiger partial charge in [-0.25, -0.2) is 4.98 Å². The molecule has 1 saturated heterocycles. The fourth-order valence-corrected chi connectivity index (χ4v) is 3.51. The summed E-state index contributed by atoms with van der Waals surface area (Å²) in [6.45, 7) is 0.662. The summed E-state index contributed by atoms with van der Waals surface area (Å²) in [6.07, 6.45) is -1.74. The van der Waals surface area contributed by atoms with Crippen LogP contribution in [0.5, 0.6) is 0 Å². The number of nitrogens with zero attached hydrogens (tertiary/aromatic N) is 2. The van der Waals surface area contributed by atoms with Crippen LogP contribution in [0.4, 0.5) is 5.13 Å². The highest BCUT2D eigenvalue weighted by Gasteiger charge is 2.39. The fourth-order valence-electron chi connectivity index (χ4n) is 2.73. The Bertz CT molecular complexity index is 618. The van der Waals surface area contributed by atoms with E-state index in [1.165, 1.54) is 11.3 Å². The summed E-state index contributed by atoms with van der Waals surface area (Å²) in [5.41, 5.74) is 7.57. The lowest BCUT2D eigenvalue weighted by Gasteiger charge is -2.23. The van der Waals surface area contributed by atoms with Crippen LogP contribution in [0.3, 0.4) is 0 Å². The number of hydrogen-bond acceptors (Lipinski definition) is 7. The third kappa shape index (κ3) is 2.27. The molecule has 0 unspecified atom stereocenters. The zero-order valence-electron chi connectivity index (χ0n) is 10.8. The summed E-state index contributed by atoms with van der Waals surface area (Å²) in [7, 11) is 0. The summed E-state index contributed by atoms with van der Waals surface area (Å²) < 4.78 is 1.01. The van der Waals surface area contributed by atoms with E-state index in [1.54, 1.807) is 0 Å². The molecule has 1 aromatic carbocycles. The van der Waals surface area contributed by atoms with Crippen molar-refractivity contribution in [1.82, 2.24) is 9.88 Å². The summed E-state index contributed by atoms with van der Waals surface area (Å²) in [6, 6.07) is 5.40. The standard InChI is InChI=1S/C13H17N3O3S/c14-13-15-11-7(2-1-3-10(11)20-13)4-16-5-9(18)12(19)8(16)6-17/h1-3,8-9,12,17-19H,4-6H2,(H2,14,15)/t8-,9+,12-/m1/s1. The van der Waals surface area contributed by atoms with Crippen LogP contribution in [0, 0.1) is 0 Å². The fraction of sp³-hybridized carbons (Fsp3) is 0.462. The Labute approximate surface area is 120 Å². The van der Waals surface area contributed by atoms with Gasteiger partial charge in [-0.2, -0.15) is 0 Å². The van der Waals surface area contributed by atoms with Gasteiger partial charge >= 0.3 is 0 Å². The number of thiazole rings is 1. The number of nitrogen functional groups attached to an aromatic ring is 1. The van der Waals surface area contributed by atoms with Gasteiger partial charge in [0, 0.05) is 13.1 Å². The molecule has 2 aromatic rings. The van der Waals surface area contributed by atoms with Crippen molar-refractivity contribution in [3.63, 3.8) is 0 Å². The smallest absolute Gasteiger partial charge is 0.181 e. The predicted molar refractivity (Wildman–Crippen MR) is 77.3 cm³/mol. The molecule has 1 aliphatic heterocycles. The molecule has 0 aliphatic carbocycles. The quantitative estimate of drug-likeness (QED) is 0.624. The van der Waals surface area contributed by atoms with E-state index >= 15 is 0 Å². The maximum absolute atomic E-state index is 9.84. The average molecular weight is 295 g/mol. The van der Waals surface area contributed by atoms with E-state index in [9.17, 15) is 15.3 Å². The second-order valence-electron chi connectivity index (χ2n) is 5.05. The van der Waals surface area contributed by atoms with E-state index in [1.807, 2.05) is 23.1 Å². The Morgan fingerprint density at radius 1 is 1.40 bits per heavy atom. The van der Waals surface area contributed by atoms with Gasteiger partial charge in [-0.1, -0.05) is 23.5 Å². The third-order valence-electron chi connectivity index (χ3n) is 3.76. The number of para-hydroxylation sites is 1. The molecule has 2 heterocycles. The monoisotopic (exact) mass is 295 g/mol. The predicted octanol–water partition coefficient (Wildman–Crippen LogP) is -0.223. The molecule has 7 heteroatoms. The van der Waals surface area contributed by atoms with Gasteiger partial charge in [-0.15, -0.1) is 0 Å². The van der Waals surface area contributed by atoms with E-state index in [2.05, 4.69) is 4.98 Å². The molecule has 0 amide bonds. The number of likely N-dealkylation sites (tertiary alicyclic amines) is 1. The van der Waals surface area contributed by atoms with Gasteiger partial charge in [0.05, 0.1) is 35.1 Å². The van der Waals surface area contributed by atoms with Crippen LogP contribution in [-0.2, 0) is 6.54 Å². The Kier molecular flexibility index (Phi) is 3.61. The molecule has 3 atom stereocenters. The van der Waals surface area contributed by atoms with Crippen molar-refractivity contribution >= 4 is 26.7 Å². The van der Waals surface area contributed by atoms with E-state index in [4.69, 9.17) is 5.73 Å². The second-order valence-corrected chi connectivity index (χ2v) is 6.12. The van der Waals surface area contributed by atoms with Crippen molar-refractivity contribution in [2.24, 2.45) is 0 Å². The van der Waals surface area contributed by atoms with Crippen LogP contribution >= 0.6 is 11.3 Å². The largest absolute Gasteiger partial charge is 0.395 e. The van der Waals surface area contributed by atoms with Crippen molar-refractivity contribution in [1.29, 1.82) is 0 Å². The van der Waals surface area contributed by atoms with Crippen LogP contribution in [0.15, 0.2) is 18.2 Å². The molecule has 0 saturated carbocycles. The highest BCUT2D eigenvalue weighted by atomic mass is 32.1. The van der Waals surface area contributed by atoms with E-state index in [0.717, 1.165) is 15.8 Å². The summed E-state index contributed by atoms with van der Waals surface area (Å²) in [5.74, 6) is 0. The zero-order valence-corrected chi connectivity index (χ0v) is 11.6. The van der Waals surface area contributed by atoms with Crippen molar-refractivity contribution in [3.8, 4) is 0 Å². The number of nitrogens with two attached hydrogens (primary N) is 1. The second kappa shape index (κ2) is 5.27. The van der Waals surface area contributed by atoms with Gasteiger partial charge in [0.2, 0.25) is 0 Å². The van der Waals surface area contributed by atoms with Crippen molar-refractivity contribution < 1.29 is 15.3 Å². The van der Waals surface area contributed by atoms with E-state index < -0.39 is 18.2 Å². The van der Waals surface area contributed by atoms with Crippen LogP contribution < -0.4 is 5.73 Å². The number of aromatic nitrogens is 1. The van der Waals surface area contributed by atoms with Gasteiger partial charge in [0.1, 0.15) is 0 Å². The minimum Gasteiger partial charge on any atom is -0.395 e. The molecular formula is C13H17N3O3S. The summed E-state index contributed by atoms with van der Waals surface area (Å²) in [4.78, 5) is 6.20. The normalized spacial score (nSPS) is 27.4. The Morgan fingerprint density at radius 2 is 2.20 bits per heavy atom. The number of aliphatic hydroxyl groups excluding tert-OH is 3. The van der Waals surface area contributed by atoms with Gasteiger partial charge in [0.15, 0.2) is 5.13 Å². The van der Waals surface area contributed by atoms with Gasteiger partial charge in [-0.3, -0.25) is 4.90 Å². The first-order chi connectivity index (χ1) is 9.60. The maximum atomic E-state index is 9.84. The van der Waals surface area contributed by atoms with Gasteiger partial charge < -0.3 is 21.1 Å². The molecule has 108 valence electrons. The Balaban J connectivity index is 1.89. The minimum atomic E-state index is -0.917. The summed E-state index contributed by atoms with van der Waals surface area (Å²) >= 11 is 1.43. The molecule has 1 aliphatic rings. The molecular weight excluding hydrogens is 278 g/mol. The first-order valence-corrected chi connectivity index (χ1v) is 7.26. The van der Waals surface area contributed by atoms with Crippen molar-refractivity contribution in [2.75, 3.05) is 18.9 Å². The number of anilines is 1. The SMILES string of the molecule is Nc1nc2c(CN3C[C@H](O)[C@H](O)[C@H]3CO)cccc2s1. The lowest BCUT2D eigenvalue weighted by Crippen LogP contribution is -2.38. The molecule has 1 aromatic heterocycles. The maximum Gasteiger partial charge on any atom is 0.181 e. The minimum absolute atomic E-state index is 0.187. The first kappa shape index (κ1) is 13.7. The number of rotatable bonds is 3.